The number of rotatable bonds is 7. The van der Waals surface area contributed by atoms with E-state index >= 15 is 0 Å². The van der Waals surface area contributed by atoms with E-state index in [2.05, 4.69) is 9.71 Å². The summed E-state index contributed by atoms with van der Waals surface area (Å²) in [6.07, 6.45) is 4.33. The maximum atomic E-state index is 12.6. The second kappa shape index (κ2) is 7.58. The van der Waals surface area contributed by atoms with E-state index in [9.17, 15) is 8.42 Å². The first kappa shape index (κ1) is 19.5. The number of benzene rings is 1. The Bertz CT molecular complexity index is 820. The van der Waals surface area contributed by atoms with Crippen LogP contribution in [0.1, 0.15) is 38.6 Å². The Kier molecular flexibility index (Phi) is 5.90. The van der Waals surface area contributed by atoms with E-state index in [1.807, 2.05) is 38.5 Å². The molecule has 1 N–H and O–H groups in total. The van der Waals surface area contributed by atoms with Crippen molar-refractivity contribution >= 4 is 10.0 Å². The molecule has 138 valence electrons. The zero-order chi connectivity index (χ0) is 18.7. The van der Waals surface area contributed by atoms with Crippen LogP contribution in [0.15, 0.2) is 35.5 Å². The van der Waals surface area contributed by atoms with Crippen LogP contribution in [0.25, 0.3) is 0 Å². The van der Waals surface area contributed by atoms with E-state index in [4.69, 9.17) is 4.74 Å². The molecule has 1 heterocycles. The predicted octanol–water partition coefficient (Wildman–Crippen LogP) is 2.87. The standard InChI is InChI=1S/C18H27N3O3S/c1-14-19-10-12-21(14)11-6-9-20-25(22,23)15-7-8-17(24-5)16(13-15)18(2,3)4/h7-8,10,12-13,20H,6,9,11H2,1-5H3. The zero-order valence-corrected chi connectivity index (χ0v) is 16.4. The first-order chi connectivity index (χ1) is 11.6. The molecule has 1 aromatic heterocycles. The molecule has 2 aromatic rings. The molecule has 0 fully saturated rings. The predicted molar refractivity (Wildman–Crippen MR) is 98.5 cm³/mol. The molecule has 0 unspecified atom stereocenters. The summed E-state index contributed by atoms with van der Waals surface area (Å²) < 4.78 is 35.2. The zero-order valence-electron chi connectivity index (χ0n) is 15.5. The van der Waals surface area contributed by atoms with Gasteiger partial charge in [-0.25, -0.2) is 18.1 Å². The molecule has 6 nitrogen and oxygen atoms in total. The third-order valence-electron chi connectivity index (χ3n) is 4.08. The summed E-state index contributed by atoms with van der Waals surface area (Å²) in [5.41, 5.74) is 0.655. The molecule has 0 amide bonds. The van der Waals surface area contributed by atoms with Crippen molar-refractivity contribution in [2.75, 3.05) is 13.7 Å². The van der Waals surface area contributed by atoms with Crippen LogP contribution in [0.4, 0.5) is 0 Å². The number of nitrogens with one attached hydrogen (secondary N) is 1. The van der Waals surface area contributed by atoms with Crippen LogP contribution in [-0.4, -0.2) is 31.6 Å². The van der Waals surface area contributed by atoms with Crippen molar-refractivity contribution in [3.8, 4) is 5.75 Å². The number of hydrogen-bond acceptors (Lipinski definition) is 4. The highest BCUT2D eigenvalue weighted by atomic mass is 32.2. The minimum Gasteiger partial charge on any atom is -0.496 e. The highest BCUT2D eigenvalue weighted by Gasteiger charge is 2.22. The van der Waals surface area contributed by atoms with Crippen LogP contribution in [0.5, 0.6) is 5.75 Å². The van der Waals surface area contributed by atoms with Gasteiger partial charge in [-0.15, -0.1) is 0 Å². The third kappa shape index (κ3) is 4.83. The minimum atomic E-state index is -3.55. The lowest BCUT2D eigenvalue weighted by Gasteiger charge is -2.23. The van der Waals surface area contributed by atoms with Crippen molar-refractivity contribution in [1.82, 2.24) is 14.3 Å². The fourth-order valence-corrected chi connectivity index (χ4v) is 3.72. The molecule has 0 aliphatic heterocycles. The Morgan fingerprint density at radius 1 is 1.28 bits per heavy atom. The second-order valence-electron chi connectivity index (χ2n) is 7.03. The van der Waals surface area contributed by atoms with Crippen molar-refractivity contribution in [1.29, 1.82) is 0 Å². The van der Waals surface area contributed by atoms with Gasteiger partial charge in [0.2, 0.25) is 10.0 Å². The van der Waals surface area contributed by atoms with Crippen molar-refractivity contribution in [3.05, 3.63) is 42.0 Å². The van der Waals surface area contributed by atoms with Crippen molar-refractivity contribution in [3.63, 3.8) is 0 Å². The molecule has 0 aliphatic carbocycles. The Morgan fingerprint density at radius 2 is 2.00 bits per heavy atom. The molecule has 1 aromatic carbocycles. The lowest BCUT2D eigenvalue weighted by molar-refractivity contribution is 0.397. The van der Waals surface area contributed by atoms with Crippen LogP contribution >= 0.6 is 0 Å². The topological polar surface area (TPSA) is 73.2 Å². The second-order valence-corrected chi connectivity index (χ2v) is 8.80. The number of hydrogen-bond donors (Lipinski definition) is 1. The number of aromatic nitrogens is 2. The van der Waals surface area contributed by atoms with Crippen molar-refractivity contribution in [2.24, 2.45) is 0 Å². The molecule has 0 atom stereocenters. The minimum absolute atomic E-state index is 0.212. The maximum Gasteiger partial charge on any atom is 0.240 e. The van der Waals surface area contributed by atoms with Gasteiger partial charge in [0.05, 0.1) is 12.0 Å². The fraction of sp³-hybridized carbons (Fsp3) is 0.500. The lowest BCUT2D eigenvalue weighted by atomic mass is 9.86. The maximum absolute atomic E-state index is 12.6. The summed E-state index contributed by atoms with van der Waals surface area (Å²) in [5, 5.41) is 0. The average molecular weight is 365 g/mol. The summed E-state index contributed by atoms with van der Waals surface area (Å²) >= 11 is 0. The van der Waals surface area contributed by atoms with Gasteiger partial charge in [-0.3, -0.25) is 0 Å². The third-order valence-corrected chi connectivity index (χ3v) is 5.54. The van der Waals surface area contributed by atoms with Gasteiger partial charge in [0.25, 0.3) is 0 Å². The molecule has 0 saturated heterocycles. The number of ether oxygens (including phenoxy) is 1. The van der Waals surface area contributed by atoms with Crippen molar-refractivity contribution < 1.29 is 13.2 Å². The summed E-state index contributed by atoms with van der Waals surface area (Å²) in [7, 11) is -1.96. The Hall–Kier alpha value is -1.86. The van der Waals surface area contributed by atoms with Gasteiger partial charge < -0.3 is 9.30 Å². The SMILES string of the molecule is COc1ccc(S(=O)(=O)NCCCn2ccnc2C)cc1C(C)(C)C. The van der Waals surface area contributed by atoms with Crippen LogP contribution < -0.4 is 9.46 Å². The summed E-state index contributed by atoms with van der Waals surface area (Å²) in [4.78, 5) is 4.41. The molecule has 0 bridgehead atoms. The molecule has 2 rings (SSSR count). The first-order valence-corrected chi connectivity index (χ1v) is 9.79. The van der Waals surface area contributed by atoms with Gasteiger partial charge in [0.15, 0.2) is 0 Å². The highest BCUT2D eigenvalue weighted by molar-refractivity contribution is 7.89. The van der Waals surface area contributed by atoms with Crippen molar-refractivity contribution in [2.45, 2.75) is 51.0 Å². The number of aryl methyl sites for hydroxylation is 2. The highest BCUT2D eigenvalue weighted by Crippen LogP contribution is 2.33. The molecule has 0 aliphatic rings. The van der Waals surface area contributed by atoms with E-state index in [0.717, 1.165) is 17.9 Å². The largest absolute Gasteiger partial charge is 0.496 e. The van der Waals surface area contributed by atoms with E-state index in [0.29, 0.717) is 18.7 Å². The molecule has 25 heavy (non-hydrogen) atoms. The molecule has 0 saturated carbocycles. The summed E-state index contributed by atoms with van der Waals surface area (Å²) in [6.45, 7) is 9.11. The molecule has 7 heteroatoms. The van der Waals surface area contributed by atoms with Gasteiger partial charge in [0, 0.05) is 31.0 Å². The van der Waals surface area contributed by atoms with Crippen LogP contribution in [-0.2, 0) is 22.0 Å². The number of sulfonamides is 1. The molecular weight excluding hydrogens is 338 g/mol. The monoisotopic (exact) mass is 365 g/mol. The van der Waals surface area contributed by atoms with E-state index in [1.54, 1.807) is 31.5 Å². The fourth-order valence-electron chi connectivity index (χ4n) is 2.62. The van der Waals surface area contributed by atoms with Gasteiger partial charge in [-0.05, 0) is 37.0 Å². The van der Waals surface area contributed by atoms with Gasteiger partial charge in [-0.2, -0.15) is 0 Å². The first-order valence-electron chi connectivity index (χ1n) is 8.31. The number of imidazole rings is 1. The van der Waals surface area contributed by atoms with Gasteiger partial charge in [-0.1, -0.05) is 20.8 Å². The van der Waals surface area contributed by atoms with E-state index < -0.39 is 10.0 Å². The smallest absolute Gasteiger partial charge is 0.240 e. The Balaban J connectivity index is 2.07. The lowest BCUT2D eigenvalue weighted by Crippen LogP contribution is -2.26. The average Bonchev–Trinajstić information content (AvgIpc) is 2.95. The summed E-state index contributed by atoms with van der Waals surface area (Å²) in [5.74, 6) is 1.62. The molecule has 0 spiro atoms. The quantitative estimate of drug-likeness (QED) is 0.766. The van der Waals surface area contributed by atoms with E-state index in [-0.39, 0.29) is 10.3 Å². The molecular formula is C18H27N3O3S. The number of nitrogens with zero attached hydrogens (tertiary/aromatic N) is 2. The number of methoxy groups -OCH3 is 1. The summed E-state index contributed by atoms with van der Waals surface area (Å²) in [6, 6.07) is 4.99. The van der Waals surface area contributed by atoms with Crippen LogP contribution in [0.3, 0.4) is 0 Å². The Morgan fingerprint density at radius 3 is 2.56 bits per heavy atom. The Labute approximate surface area is 150 Å². The van der Waals surface area contributed by atoms with Crippen LogP contribution in [0.2, 0.25) is 0 Å². The van der Waals surface area contributed by atoms with E-state index in [1.165, 1.54) is 0 Å². The van der Waals surface area contributed by atoms with Gasteiger partial charge in [0.1, 0.15) is 11.6 Å². The molecule has 0 radical (unpaired) electrons. The van der Waals surface area contributed by atoms with Gasteiger partial charge >= 0.3 is 0 Å². The van der Waals surface area contributed by atoms with Crippen LogP contribution in [0, 0.1) is 6.92 Å². The normalized spacial score (nSPS) is 12.4.